The Balaban J connectivity index is 1.43. The number of nitrogens with zero attached hydrogens (tertiary/aromatic N) is 2. The molecule has 2 heterocycles. The van der Waals surface area contributed by atoms with Crippen LogP contribution in [-0.2, 0) is 4.79 Å². The monoisotopic (exact) mass is 388 g/mol. The molecule has 27 heavy (non-hydrogen) atoms. The third kappa shape index (κ3) is 3.56. The van der Waals surface area contributed by atoms with Gasteiger partial charge >= 0.3 is 0 Å². The first-order chi connectivity index (χ1) is 13.1. The maximum absolute atomic E-state index is 13.1. The lowest BCUT2D eigenvalue weighted by atomic mass is 9.98. The molecule has 146 valence electrons. The van der Waals surface area contributed by atoms with Gasteiger partial charge in [-0.1, -0.05) is 12.8 Å². The number of amides is 2. The lowest BCUT2D eigenvalue weighted by molar-refractivity contribution is -0.137. The molecule has 0 unspecified atom stereocenters. The molecule has 2 saturated heterocycles. The van der Waals surface area contributed by atoms with Gasteiger partial charge in [0.25, 0.3) is 5.91 Å². The van der Waals surface area contributed by atoms with Crippen LogP contribution < -0.4 is 4.74 Å². The van der Waals surface area contributed by atoms with Crippen LogP contribution in [0.25, 0.3) is 0 Å². The van der Waals surface area contributed by atoms with Gasteiger partial charge in [-0.25, -0.2) is 0 Å². The van der Waals surface area contributed by atoms with Crippen LogP contribution in [0.3, 0.4) is 0 Å². The molecule has 0 aromatic heterocycles. The summed E-state index contributed by atoms with van der Waals surface area (Å²) >= 11 is 1.89. The predicted molar refractivity (Wildman–Crippen MR) is 107 cm³/mol. The molecule has 1 saturated carbocycles. The van der Waals surface area contributed by atoms with Crippen molar-refractivity contribution in [3.05, 3.63) is 29.8 Å². The Morgan fingerprint density at radius 1 is 1.07 bits per heavy atom. The van der Waals surface area contributed by atoms with Crippen LogP contribution in [-0.4, -0.2) is 59.0 Å². The molecule has 2 aliphatic heterocycles. The zero-order valence-electron chi connectivity index (χ0n) is 16.0. The second kappa shape index (κ2) is 7.74. The number of ether oxygens (including phenoxy) is 1. The highest BCUT2D eigenvalue weighted by molar-refractivity contribution is 8.00. The van der Waals surface area contributed by atoms with Gasteiger partial charge in [-0.2, -0.15) is 0 Å². The molecule has 4 rings (SSSR count). The van der Waals surface area contributed by atoms with E-state index in [-0.39, 0.29) is 16.7 Å². The molecule has 0 atom stereocenters. The molecular weight excluding hydrogens is 360 g/mol. The SMILES string of the molecule is COc1ccc(C(=O)N2CCSC23CCN(C(=O)C2CCCC2)CC3)cc1. The van der Waals surface area contributed by atoms with E-state index in [4.69, 9.17) is 4.74 Å². The highest BCUT2D eigenvalue weighted by Gasteiger charge is 2.47. The second-order valence-electron chi connectivity index (χ2n) is 7.79. The first kappa shape index (κ1) is 18.7. The molecule has 3 aliphatic rings. The number of thioether (sulfide) groups is 1. The molecule has 1 aromatic rings. The third-order valence-electron chi connectivity index (χ3n) is 6.32. The van der Waals surface area contributed by atoms with E-state index < -0.39 is 0 Å². The van der Waals surface area contributed by atoms with E-state index in [2.05, 4.69) is 9.80 Å². The normalized spacial score (nSPS) is 22.4. The Bertz CT molecular complexity index is 692. The van der Waals surface area contributed by atoms with E-state index in [1.165, 1.54) is 12.8 Å². The Morgan fingerprint density at radius 3 is 2.37 bits per heavy atom. The fourth-order valence-corrected chi connectivity index (χ4v) is 6.16. The molecule has 1 aliphatic carbocycles. The van der Waals surface area contributed by atoms with Crippen LogP contribution in [0.2, 0.25) is 0 Å². The molecule has 1 spiro atoms. The molecule has 1 aromatic carbocycles. The lowest BCUT2D eigenvalue weighted by Gasteiger charge is -2.44. The van der Waals surface area contributed by atoms with Gasteiger partial charge in [0.15, 0.2) is 0 Å². The highest BCUT2D eigenvalue weighted by atomic mass is 32.2. The van der Waals surface area contributed by atoms with Gasteiger partial charge in [0.2, 0.25) is 5.91 Å². The van der Waals surface area contributed by atoms with Crippen LogP contribution >= 0.6 is 11.8 Å². The number of benzene rings is 1. The van der Waals surface area contributed by atoms with Gasteiger partial charge in [0.1, 0.15) is 5.75 Å². The Kier molecular flexibility index (Phi) is 5.35. The first-order valence-corrected chi connectivity index (χ1v) is 11.0. The summed E-state index contributed by atoms with van der Waals surface area (Å²) in [6.45, 7) is 2.33. The minimum atomic E-state index is -0.149. The summed E-state index contributed by atoms with van der Waals surface area (Å²) in [7, 11) is 1.63. The third-order valence-corrected chi connectivity index (χ3v) is 7.87. The molecule has 2 amide bonds. The number of hydrogen-bond acceptors (Lipinski definition) is 4. The van der Waals surface area contributed by atoms with Gasteiger partial charge in [0, 0.05) is 36.9 Å². The smallest absolute Gasteiger partial charge is 0.255 e. The summed E-state index contributed by atoms with van der Waals surface area (Å²) in [5.41, 5.74) is 0.710. The summed E-state index contributed by atoms with van der Waals surface area (Å²) in [5, 5.41) is 0. The van der Waals surface area contributed by atoms with Gasteiger partial charge in [-0.3, -0.25) is 9.59 Å². The standard InChI is InChI=1S/C21H28N2O3S/c1-26-18-8-6-17(7-9-18)20(25)23-14-15-27-21(23)10-12-22(13-11-21)19(24)16-4-2-3-5-16/h6-9,16H,2-5,10-15H2,1H3. The van der Waals surface area contributed by atoms with E-state index in [0.29, 0.717) is 11.5 Å². The fourth-order valence-electron chi connectivity index (χ4n) is 4.71. The van der Waals surface area contributed by atoms with Crippen LogP contribution in [0, 0.1) is 5.92 Å². The number of carbonyl (C=O) groups is 2. The number of likely N-dealkylation sites (tertiary alicyclic amines) is 1. The van der Waals surface area contributed by atoms with Crippen molar-refractivity contribution in [3.8, 4) is 5.75 Å². The van der Waals surface area contributed by atoms with Gasteiger partial charge in [-0.05, 0) is 49.9 Å². The van der Waals surface area contributed by atoms with Crippen molar-refractivity contribution in [2.24, 2.45) is 5.92 Å². The highest BCUT2D eigenvalue weighted by Crippen LogP contribution is 2.45. The lowest BCUT2D eigenvalue weighted by Crippen LogP contribution is -2.54. The predicted octanol–water partition coefficient (Wildman–Crippen LogP) is 3.39. The topological polar surface area (TPSA) is 49.9 Å². The van der Waals surface area contributed by atoms with E-state index in [1.54, 1.807) is 7.11 Å². The van der Waals surface area contributed by atoms with Crippen molar-refractivity contribution < 1.29 is 14.3 Å². The second-order valence-corrected chi connectivity index (χ2v) is 9.24. The Hall–Kier alpha value is -1.69. The van der Waals surface area contributed by atoms with Crippen LogP contribution in [0.5, 0.6) is 5.75 Å². The van der Waals surface area contributed by atoms with Gasteiger partial charge in [0.05, 0.1) is 12.0 Å². The minimum Gasteiger partial charge on any atom is -0.497 e. The van der Waals surface area contributed by atoms with Crippen LogP contribution in [0.4, 0.5) is 0 Å². The zero-order chi connectivity index (χ0) is 18.9. The van der Waals surface area contributed by atoms with Crippen molar-refractivity contribution >= 4 is 23.6 Å². The van der Waals surface area contributed by atoms with Gasteiger partial charge in [-0.15, -0.1) is 11.8 Å². The fraction of sp³-hybridized carbons (Fsp3) is 0.619. The van der Waals surface area contributed by atoms with Crippen LogP contribution in [0.1, 0.15) is 48.9 Å². The minimum absolute atomic E-state index is 0.0956. The Morgan fingerprint density at radius 2 is 1.74 bits per heavy atom. The maximum Gasteiger partial charge on any atom is 0.255 e. The molecular formula is C21H28N2O3S. The van der Waals surface area contributed by atoms with E-state index in [0.717, 1.165) is 56.8 Å². The maximum atomic E-state index is 13.1. The van der Waals surface area contributed by atoms with Crippen molar-refractivity contribution in [2.75, 3.05) is 32.5 Å². The van der Waals surface area contributed by atoms with E-state index in [9.17, 15) is 9.59 Å². The number of carbonyl (C=O) groups excluding carboxylic acids is 2. The molecule has 3 fully saturated rings. The average Bonchev–Trinajstić information content (AvgIpc) is 3.38. The Labute approximate surface area is 165 Å². The number of methoxy groups -OCH3 is 1. The number of rotatable bonds is 3. The molecule has 0 radical (unpaired) electrons. The number of hydrogen-bond donors (Lipinski definition) is 0. The van der Waals surface area contributed by atoms with Crippen molar-refractivity contribution in [1.82, 2.24) is 9.80 Å². The molecule has 0 N–H and O–H groups in total. The molecule has 5 nitrogen and oxygen atoms in total. The van der Waals surface area contributed by atoms with Crippen molar-refractivity contribution in [2.45, 2.75) is 43.4 Å². The quantitative estimate of drug-likeness (QED) is 0.796. The summed E-state index contributed by atoms with van der Waals surface area (Å²) in [6, 6.07) is 7.37. The van der Waals surface area contributed by atoms with E-state index in [1.807, 2.05) is 36.0 Å². The molecule has 0 bridgehead atoms. The summed E-state index contributed by atoms with van der Waals surface area (Å²) in [5.74, 6) is 2.41. The van der Waals surface area contributed by atoms with Crippen molar-refractivity contribution in [3.63, 3.8) is 0 Å². The number of piperidine rings is 1. The largest absolute Gasteiger partial charge is 0.497 e. The summed E-state index contributed by atoms with van der Waals surface area (Å²) in [6.07, 6.45) is 6.23. The van der Waals surface area contributed by atoms with E-state index >= 15 is 0 Å². The summed E-state index contributed by atoms with van der Waals surface area (Å²) < 4.78 is 5.19. The van der Waals surface area contributed by atoms with Crippen LogP contribution in [0.15, 0.2) is 24.3 Å². The summed E-state index contributed by atoms with van der Waals surface area (Å²) in [4.78, 5) is 29.8. The molecule has 6 heteroatoms. The zero-order valence-corrected chi connectivity index (χ0v) is 16.8. The van der Waals surface area contributed by atoms with Crippen molar-refractivity contribution in [1.29, 1.82) is 0 Å². The first-order valence-electron chi connectivity index (χ1n) is 10.0. The average molecular weight is 389 g/mol. The van der Waals surface area contributed by atoms with Gasteiger partial charge < -0.3 is 14.5 Å².